The number of nitrogens with one attached hydrogen (secondary N) is 1. The molecule has 30 heavy (non-hydrogen) atoms. The van der Waals surface area contributed by atoms with Gasteiger partial charge in [-0.3, -0.25) is 4.79 Å². The van der Waals surface area contributed by atoms with Crippen molar-refractivity contribution in [2.24, 2.45) is 5.10 Å². The maximum absolute atomic E-state index is 12.1. The number of methoxy groups -OCH3 is 1. The average Bonchev–Trinajstić information content (AvgIpc) is 3.23. The summed E-state index contributed by atoms with van der Waals surface area (Å²) in [7, 11) is 1.58. The van der Waals surface area contributed by atoms with Crippen molar-refractivity contribution in [1.29, 1.82) is 0 Å². The van der Waals surface area contributed by atoms with Gasteiger partial charge in [0.2, 0.25) is 0 Å². The Morgan fingerprint density at radius 1 is 1.30 bits per heavy atom. The first-order valence-corrected chi connectivity index (χ1v) is 11.3. The van der Waals surface area contributed by atoms with E-state index in [2.05, 4.69) is 15.5 Å². The van der Waals surface area contributed by atoms with Crippen LogP contribution in [0.25, 0.3) is 11.3 Å². The standard InChI is InChI=1S/C21H20ClN3O3S2/c1-3-28-20-15(5-4-6-18(20)27-2)11-23-25-19(26)13-30-21-24-17(12-29-21)14-7-9-16(22)10-8-14/h4-12H,3,13H2,1-2H3,(H,25,26)/b23-11+. The minimum Gasteiger partial charge on any atom is -0.493 e. The zero-order valence-corrected chi connectivity index (χ0v) is 18.8. The van der Waals surface area contributed by atoms with Crippen LogP contribution in [0.15, 0.2) is 57.3 Å². The molecular weight excluding hydrogens is 442 g/mol. The molecule has 1 N–H and O–H groups in total. The number of aromatic nitrogens is 1. The second kappa shape index (κ2) is 11.0. The van der Waals surface area contributed by atoms with Gasteiger partial charge in [0.25, 0.3) is 5.91 Å². The molecule has 156 valence electrons. The largest absolute Gasteiger partial charge is 0.493 e. The second-order valence-corrected chi connectivity index (χ2v) is 8.42. The first-order valence-electron chi connectivity index (χ1n) is 9.06. The normalized spacial score (nSPS) is 10.9. The van der Waals surface area contributed by atoms with Gasteiger partial charge in [-0.15, -0.1) is 11.3 Å². The van der Waals surface area contributed by atoms with Crippen LogP contribution >= 0.6 is 34.7 Å². The fraction of sp³-hybridized carbons (Fsp3) is 0.190. The van der Waals surface area contributed by atoms with Crippen LogP contribution in [-0.2, 0) is 4.79 Å². The molecule has 2 aromatic carbocycles. The van der Waals surface area contributed by atoms with Gasteiger partial charge in [0.15, 0.2) is 15.8 Å². The van der Waals surface area contributed by atoms with Crippen LogP contribution < -0.4 is 14.9 Å². The molecule has 1 aromatic heterocycles. The molecule has 9 heteroatoms. The lowest BCUT2D eigenvalue weighted by Crippen LogP contribution is -2.19. The number of carbonyl (C=O) groups excluding carboxylic acids is 1. The van der Waals surface area contributed by atoms with Crippen molar-refractivity contribution in [3.8, 4) is 22.8 Å². The molecule has 1 amide bonds. The Bertz CT molecular complexity index is 1020. The molecule has 0 aliphatic rings. The highest BCUT2D eigenvalue weighted by Crippen LogP contribution is 2.30. The van der Waals surface area contributed by atoms with Crippen LogP contribution in [0.3, 0.4) is 0 Å². The van der Waals surface area contributed by atoms with E-state index < -0.39 is 0 Å². The van der Waals surface area contributed by atoms with Gasteiger partial charge in [0, 0.05) is 21.5 Å². The number of hydrogen-bond donors (Lipinski definition) is 1. The van der Waals surface area contributed by atoms with Gasteiger partial charge in [0.1, 0.15) is 0 Å². The third-order valence-electron chi connectivity index (χ3n) is 3.86. The number of rotatable bonds is 9. The van der Waals surface area contributed by atoms with E-state index >= 15 is 0 Å². The quantitative estimate of drug-likeness (QED) is 0.272. The number of ether oxygens (including phenoxy) is 2. The van der Waals surface area contributed by atoms with E-state index in [1.165, 1.54) is 29.3 Å². The molecule has 3 rings (SSSR count). The second-order valence-electron chi connectivity index (χ2n) is 5.90. The number of thioether (sulfide) groups is 1. The Morgan fingerprint density at radius 3 is 2.83 bits per heavy atom. The monoisotopic (exact) mass is 461 g/mol. The Kier molecular flexibility index (Phi) is 8.12. The minimum atomic E-state index is -0.222. The van der Waals surface area contributed by atoms with E-state index in [4.69, 9.17) is 21.1 Å². The lowest BCUT2D eigenvalue weighted by atomic mass is 10.2. The fourth-order valence-corrected chi connectivity index (χ4v) is 4.26. The molecule has 0 fully saturated rings. The molecule has 0 unspecified atom stereocenters. The van der Waals surface area contributed by atoms with Crippen LogP contribution in [0.5, 0.6) is 11.5 Å². The number of carbonyl (C=O) groups is 1. The molecule has 6 nitrogen and oxygen atoms in total. The van der Waals surface area contributed by atoms with Crippen molar-refractivity contribution in [3.05, 3.63) is 58.4 Å². The Morgan fingerprint density at radius 2 is 2.10 bits per heavy atom. The van der Waals surface area contributed by atoms with Crippen LogP contribution in [0, 0.1) is 0 Å². The molecule has 0 radical (unpaired) electrons. The maximum atomic E-state index is 12.1. The first-order chi connectivity index (χ1) is 14.6. The van der Waals surface area contributed by atoms with Crippen molar-refractivity contribution in [2.75, 3.05) is 19.5 Å². The fourth-order valence-electron chi connectivity index (χ4n) is 2.50. The van der Waals surface area contributed by atoms with Crippen LogP contribution in [-0.4, -0.2) is 36.6 Å². The summed E-state index contributed by atoms with van der Waals surface area (Å²) in [5, 5.41) is 6.67. The number of para-hydroxylation sites is 1. The van der Waals surface area contributed by atoms with Crippen LogP contribution in [0.4, 0.5) is 0 Å². The number of thiazole rings is 1. The molecule has 0 spiro atoms. The van der Waals surface area contributed by atoms with E-state index in [9.17, 15) is 4.79 Å². The van der Waals surface area contributed by atoms with E-state index in [0.29, 0.717) is 23.1 Å². The highest BCUT2D eigenvalue weighted by Gasteiger charge is 2.10. The summed E-state index contributed by atoms with van der Waals surface area (Å²) in [6.07, 6.45) is 1.54. The Hall–Kier alpha value is -2.55. The highest BCUT2D eigenvalue weighted by atomic mass is 35.5. The van der Waals surface area contributed by atoms with Gasteiger partial charge in [-0.1, -0.05) is 41.6 Å². The molecule has 0 saturated carbocycles. The predicted octanol–water partition coefficient (Wildman–Crippen LogP) is 5.11. The molecule has 0 bridgehead atoms. The third-order valence-corrected chi connectivity index (χ3v) is 6.13. The summed E-state index contributed by atoms with van der Waals surface area (Å²) in [6, 6.07) is 13.0. The van der Waals surface area contributed by atoms with Crippen LogP contribution in [0.1, 0.15) is 12.5 Å². The lowest BCUT2D eigenvalue weighted by Gasteiger charge is -2.11. The number of halogens is 1. The van der Waals surface area contributed by atoms with Gasteiger partial charge in [-0.25, -0.2) is 10.4 Å². The van der Waals surface area contributed by atoms with Gasteiger partial charge in [-0.2, -0.15) is 5.10 Å². The SMILES string of the molecule is CCOc1c(/C=N/NC(=O)CSc2nc(-c3ccc(Cl)cc3)cs2)cccc1OC. The molecule has 0 atom stereocenters. The summed E-state index contributed by atoms with van der Waals surface area (Å²) in [4.78, 5) is 16.7. The van der Waals surface area contributed by atoms with E-state index in [0.717, 1.165) is 21.2 Å². The number of benzene rings is 2. The number of amides is 1. The number of hydrazone groups is 1. The lowest BCUT2D eigenvalue weighted by molar-refractivity contribution is -0.118. The topological polar surface area (TPSA) is 72.8 Å². The maximum Gasteiger partial charge on any atom is 0.250 e. The van der Waals surface area contributed by atoms with Crippen molar-refractivity contribution in [1.82, 2.24) is 10.4 Å². The summed E-state index contributed by atoms with van der Waals surface area (Å²) >= 11 is 8.77. The highest BCUT2D eigenvalue weighted by molar-refractivity contribution is 8.01. The molecule has 0 saturated heterocycles. The van der Waals surface area contributed by atoms with Crippen molar-refractivity contribution in [2.45, 2.75) is 11.3 Å². The smallest absolute Gasteiger partial charge is 0.250 e. The van der Waals surface area contributed by atoms with E-state index in [-0.39, 0.29) is 11.7 Å². The summed E-state index contributed by atoms with van der Waals surface area (Å²) in [5.74, 6) is 1.19. The Balaban J connectivity index is 1.54. The molecule has 3 aromatic rings. The molecule has 1 heterocycles. The van der Waals surface area contributed by atoms with Gasteiger partial charge < -0.3 is 9.47 Å². The molecule has 0 aliphatic heterocycles. The predicted molar refractivity (Wildman–Crippen MR) is 123 cm³/mol. The van der Waals surface area contributed by atoms with E-state index in [1.807, 2.05) is 54.8 Å². The number of hydrogen-bond acceptors (Lipinski definition) is 7. The summed E-state index contributed by atoms with van der Waals surface area (Å²) in [5.41, 5.74) is 5.09. The number of nitrogens with zero attached hydrogens (tertiary/aromatic N) is 2. The van der Waals surface area contributed by atoms with Gasteiger partial charge >= 0.3 is 0 Å². The zero-order valence-electron chi connectivity index (χ0n) is 16.4. The third kappa shape index (κ3) is 5.98. The zero-order chi connectivity index (χ0) is 21.3. The van der Waals surface area contributed by atoms with Crippen molar-refractivity contribution < 1.29 is 14.3 Å². The van der Waals surface area contributed by atoms with Gasteiger partial charge in [-0.05, 0) is 31.2 Å². The molecular formula is C21H20ClN3O3S2. The molecule has 0 aliphatic carbocycles. The Labute approximate surface area is 188 Å². The van der Waals surface area contributed by atoms with Crippen LogP contribution in [0.2, 0.25) is 5.02 Å². The summed E-state index contributed by atoms with van der Waals surface area (Å²) in [6.45, 7) is 2.39. The average molecular weight is 462 g/mol. The van der Waals surface area contributed by atoms with Gasteiger partial charge in [0.05, 0.1) is 31.4 Å². The van der Waals surface area contributed by atoms with E-state index in [1.54, 1.807) is 7.11 Å². The minimum absolute atomic E-state index is 0.210. The van der Waals surface area contributed by atoms with Crippen molar-refractivity contribution >= 4 is 46.8 Å². The summed E-state index contributed by atoms with van der Waals surface area (Å²) < 4.78 is 11.7. The first kappa shape index (κ1) is 22.1. The van der Waals surface area contributed by atoms with Crippen molar-refractivity contribution in [3.63, 3.8) is 0 Å².